The molecule has 8 nitrogen and oxygen atoms in total. The summed E-state index contributed by atoms with van der Waals surface area (Å²) >= 11 is 14.9. The Hall–Kier alpha value is 3.12. The van der Waals surface area contributed by atoms with Crippen LogP contribution in [0, 0.1) is 0 Å². The van der Waals surface area contributed by atoms with Crippen molar-refractivity contribution in [2.45, 2.75) is 0 Å². The molecule has 0 aliphatic rings. The second-order valence-corrected chi connectivity index (χ2v) is 88.4. The van der Waals surface area contributed by atoms with E-state index in [1.54, 1.807) is 48.5 Å². The summed E-state index contributed by atoms with van der Waals surface area (Å²) in [5.41, 5.74) is 3.52. The number of phenolic OH excluding ortho intramolecular Hbond substituents is 1. The van der Waals surface area contributed by atoms with Crippen molar-refractivity contribution in [3.05, 3.63) is 147 Å². The summed E-state index contributed by atoms with van der Waals surface area (Å²) in [6.07, 6.45) is 0. The molecular weight excluding hydrogens is 1380 g/mol. The maximum absolute atomic E-state index is 12.0. The van der Waals surface area contributed by atoms with E-state index in [1.165, 1.54) is 14.2 Å². The van der Waals surface area contributed by atoms with E-state index in [0.29, 0.717) is 48.3 Å². The number of benzene rings is 6. The fraction of sp³-hybridized carbons (Fsp3) is 0.0500. The summed E-state index contributed by atoms with van der Waals surface area (Å²) in [5, 5.41) is 14.6. The number of hydrogen-bond acceptors (Lipinski definition) is 8. The number of furan rings is 2. The Morgan fingerprint density at radius 1 is 0.507 bits per heavy atom. The molecule has 8 rings (SSSR count). The molecule has 0 radical (unpaired) electrons. The summed E-state index contributed by atoms with van der Waals surface area (Å²) in [6, 6.07) is 36.2. The van der Waals surface area contributed by atoms with Crippen LogP contribution in [-0.4, -0.2) is 31.3 Å². The van der Waals surface area contributed by atoms with E-state index in [4.69, 9.17) is 41.5 Å². The maximum Gasteiger partial charge on any atom is 0.341 e. The molecule has 0 spiro atoms. The highest BCUT2D eigenvalue weighted by Gasteiger charge is 2.26. The molecule has 6 aromatic carbocycles. The standard InChI is InChI=1S/C20H13ClO4.C12H8O2.C8H6BrClO2.H14P12.H10P8/c1-23-20(22)15-10-9-12(21)11-18(15)24-17-8-4-6-14-13-5-2-3-7-16(13)25-19(14)17;13-10-6-3-5-9-8-4-1-2-7-11(8)14-12(9)10;1-12-8(11)6-3-2-5(10)4-7(6)9;1-8(2)11(7)12(9(3)4)10(5)6;1-6(2)8(5)7(3)4/h2-11H,1H3;1-7,13H;2-4H,1H3;1-7H2;1-5H2. The number of carbonyl (C=O) groups excluding carboxylic acids is 2. The molecule has 0 fully saturated rings. The first kappa shape index (κ1) is 66.6. The molecule has 71 heavy (non-hydrogen) atoms. The Kier molecular flexibility index (Phi) is 31.7. The normalized spacial score (nSPS) is 11.6. The monoisotopic (exact) mass is 1430 g/mol. The zero-order valence-electron chi connectivity index (χ0n) is 37.5. The SMILES string of the molecule is COC(=O)c1ccc(Cl)cc1Br.COC(=O)c1ccc(Cl)cc1Oc1cccc2c1oc1ccccc12.Oc1cccc2c1oc1ccccc12.PP(P)P(P)P(P(P)P)P(P)P.PP(P)P(P)P(P)P. The Labute approximate surface area is 469 Å². The number of carbonyl (C=O) groups is 2. The van der Waals surface area contributed by atoms with Crippen molar-refractivity contribution in [3.8, 4) is 17.2 Å². The number of halogens is 3. The molecule has 13 unspecified atom stereocenters. The number of rotatable bonds is 10. The quantitative estimate of drug-likeness (QED) is 0.107. The highest BCUT2D eigenvalue weighted by molar-refractivity contribution is 9.22. The molecule has 13 atom stereocenters. The number of methoxy groups -OCH3 is 2. The van der Waals surface area contributed by atoms with E-state index < -0.39 is 5.97 Å². The number of hydrogen-bond donors (Lipinski definition) is 1. The predicted molar refractivity (Wildman–Crippen MR) is 374 cm³/mol. The van der Waals surface area contributed by atoms with Gasteiger partial charge in [0.25, 0.3) is 0 Å². The predicted octanol–water partition coefficient (Wildman–Crippen LogP) is 22.8. The molecule has 0 amide bonds. The second kappa shape index (κ2) is 33.8. The van der Waals surface area contributed by atoms with Crippen molar-refractivity contribution in [1.82, 2.24) is 0 Å². The lowest BCUT2D eigenvalue weighted by Gasteiger charge is -2.32. The third-order valence-electron chi connectivity index (χ3n) is 8.96. The summed E-state index contributed by atoms with van der Waals surface area (Å²) in [5.74, 6) is 0.133. The van der Waals surface area contributed by atoms with Crippen LogP contribution in [-0.2, 0) is 9.47 Å². The van der Waals surface area contributed by atoms with Crippen molar-refractivity contribution in [2.24, 2.45) is 0 Å². The largest absolute Gasteiger partial charge is 0.504 e. The van der Waals surface area contributed by atoms with Gasteiger partial charge in [-0.05, 0) is 126 Å². The number of aromatic hydroxyl groups is 1. The topological polar surface area (TPSA) is 108 Å². The second-order valence-electron chi connectivity index (χ2n) is 13.6. The summed E-state index contributed by atoms with van der Waals surface area (Å²) in [4.78, 5) is 23.0. The van der Waals surface area contributed by atoms with Gasteiger partial charge in [-0.25, -0.2) is 9.59 Å². The van der Waals surface area contributed by atoms with Crippen LogP contribution in [0.4, 0.5) is 0 Å². The zero-order chi connectivity index (χ0) is 52.7. The maximum atomic E-state index is 12.0. The molecule has 0 saturated heterocycles. The first-order valence-electron chi connectivity index (χ1n) is 19.6. The summed E-state index contributed by atoms with van der Waals surface area (Å²) in [6.45, 7) is 1.19. The number of para-hydroxylation sites is 4. The number of ether oxygens (including phenoxy) is 3. The van der Waals surface area contributed by atoms with Crippen molar-refractivity contribution < 1.29 is 37.7 Å². The minimum absolute atomic E-state index is 0.103. The van der Waals surface area contributed by atoms with Crippen LogP contribution in [0.5, 0.6) is 17.2 Å². The molecule has 1 N–H and O–H groups in total. The van der Waals surface area contributed by atoms with Gasteiger partial charge in [-0.3, -0.25) is 0 Å². The number of esters is 2. The van der Waals surface area contributed by atoms with Crippen LogP contribution in [0.15, 0.2) is 135 Å². The van der Waals surface area contributed by atoms with E-state index in [2.05, 4.69) is 128 Å². The van der Waals surface area contributed by atoms with Crippen molar-refractivity contribution >= 4 is 258 Å². The van der Waals surface area contributed by atoms with Gasteiger partial charge in [0.15, 0.2) is 22.7 Å². The third-order valence-corrected chi connectivity index (χ3v) is 115. The van der Waals surface area contributed by atoms with Crippen molar-refractivity contribution in [2.75, 3.05) is 14.2 Å². The van der Waals surface area contributed by atoms with Crippen molar-refractivity contribution in [1.29, 1.82) is 0 Å². The lowest BCUT2D eigenvalue weighted by Crippen LogP contribution is -2.03. The Bertz CT molecular complexity index is 3010. The zero-order valence-corrected chi connectivity index (χ0v) is 61.6. The van der Waals surface area contributed by atoms with Crippen LogP contribution in [0.2, 0.25) is 10.0 Å². The highest BCUT2D eigenvalue weighted by atomic mass is 79.9. The van der Waals surface area contributed by atoms with Gasteiger partial charge in [-0.1, -0.05) is 83.9 Å². The smallest absolute Gasteiger partial charge is 0.341 e. The Morgan fingerprint density at radius 3 is 1.41 bits per heavy atom. The average molecular weight is 1430 g/mol. The van der Waals surface area contributed by atoms with Crippen LogP contribution in [0.3, 0.4) is 0 Å². The minimum Gasteiger partial charge on any atom is -0.504 e. The summed E-state index contributed by atoms with van der Waals surface area (Å²) < 4.78 is 27.4. The highest BCUT2D eigenvalue weighted by Crippen LogP contribution is 3.16. The lowest BCUT2D eigenvalue weighted by atomic mass is 10.1. The molecule has 31 heteroatoms. The molecule has 0 aliphatic heterocycles. The minimum atomic E-state index is -0.497. The molecule has 8 aromatic rings. The van der Waals surface area contributed by atoms with E-state index in [9.17, 15) is 14.7 Å². The Morgan fingerprint density at radius 2 is 0.944 bits per heavy atom. The number of phenols is 1. The Balaban J connectivity index is 0.000000206. The van der Waals surface area contributed by atoms with Gasteiger partial charge in [0, 0.05) is 42.1 Å². The van der Waals surface area contributed by atoms with E-state index in [0.717, 1.165) is 32.7 Å². The van der Waals surface area contributed by atoms with Gasteiger partial charge >= 0.3 is 11.9 Å². The van der Waals surface area contributed by atoms with Gasteiger partial charge in [0.05, 0.1) is 19.8 Å². The van der Waals surface area contributed by atoms with E-state index in [1.807, 2.05) is 72.8 Å². The molecule has 0 aliphatic carbocycles. The molecule has 2 heterocycles. The van der Waals surface area contributed by atoms with E-state index in [-0.39, 0.29) is 67.6 Å². The molecule has 0 saturated carbocycles. The molecule has 0 bridgehead atoms. The van der Waals surface area contributed by atoms with Crippen LogP contribution >= 0.6 is 202 Å². The van der Waals surface area contributed by atoms with Gasteiger partial charge in [-0.15, -0.1) is 107 Å². The van der Waals surface area contributed by atoms with Crippen LogP contribution < -0.4 is 4.74 Å². The fourth-order valence-electron chi connectivity index (χ4n) is 5.82. The lowest BCUT2D eigenvalue weighted by molar-refractivity contribution is 0.0589. The third kappa shape index (κ3) is 20.3. The molecule has 2 aromatic heterocycles. The molecule has 380 valence electrons. The van der Waals surface area contributed by atoms with Crippen LogP contribution in [0.25, 0.3) is 43.9 Å². The van der Waals surface area contributed by atoms with Gasteiger partial charge < -0.3 is 28.2 Å². The average Bonchev–Trinajstić information content (AvgIpc) is 3.92. The number of fused-ring (bicyclic) bond motifs is 6. The van der Waals surface area contributed by atoms with Crippen molar-refractivity contribution in [3.63, 3.8) is 0 Å². The fourth-order valence-corrected chi connectivity index (χ4v) is 138. The first-order chi connectivity index (χ1) is 33.6. The van der Waals surface area contributed by atoms with Crippen LogP contribution in [0.1, 0.15) is 20.7 Å². The first-order valence-corrected chi connectivity index (χ1v) is 55.5. The summed E-state index contributed by atoms with van der Waals surface area (Å²) in [7, 11) is 38.1. The van der Waals surface area contributed by atoms with Gasteiger partial charge in [0.2, 0.25) is 0 Å². The van der Waals surface area contributed by atoms with E-state index >= 15 is 0 Å². The van der Waals surface area contributed by atoms with Gasteiger partial charge in [0.1, 0.15) is 22.5 Å². The molecular formula is C40H51BrCl2O8P20. The van der Waals surface area contributed by atoms with Gasteiger partial charge in [-0.2, -0.15) is 0 Å².